The van der Waals surface area contributed by atoms with Gasteiger partial charge < -0.3 is 10.2 Å². The first-order valence-corrected chi connectivity index (χ1v) is 13.1. The molecule has 0 spiro atoms. The highest BCUT2D eigenvalue weighted by Gasteiger charge is 2.37. The summed E-state index contributed by atoms with van der Waals surface area (Å²) in [5.74, 6) is -0.918. The second kappa shape index (κ2) is 12.4. The Morgan fingerprint density at radius 1 is 0.884 bits per heavy atom. The summed E-state index contributed by atoms with van der Waals surface area (Å²) in [6.07, 6.45) is -9.86. The Hall–Kier alpha value is -3.92. The fourth-order valence-electron chi connectivity index (χ4n) is 4.84. The number of pyridine rings is 1. The number of alkyl halides is 9. The van der Waals surface area contributed by atoms with E-state index < -0.39 is 65.5 Å². The SMILES string of the molecule is Cn1nnc(N(Cc2cc(C(F)(F)F)cc(C(F)(F)F)c2)Cc2cc(C(F)(F)F)cnc2C(=O)NCC2CCCCC2)n1. The van der Waals surface area contributed by atoms with Crippen molar-refractivity contribution < 1.29 is 44.3 Å². The molecule has 1 fully saturated rings. The molecule has 2 heterocycles. The number of tetrazole rings is 1. The molecule has 1 saturated carbocycles. The highest BCUT2D eigenvalue weighted by atomic mass is 19.4. The lowest BCUT2D eigenvalue weighted by molar-refractivity contribution is -0.143. The monoisotopic (exact) mass is 623 g/mol. The lowest BCUT2D eigenvalue weighted by Crippen LogP contribution is -2.33. The van der Waals surface area contributed by atoms with E-state index in [1.165, 1.54) is 7.05 Å². The molecule has 17 heteroatoms. The number of aryl methyl sites for hydroxylation is 1. The van der Waals surface area contributed by atoms with E-state index in [0.29, 0.717) is 24.4 Å². The maximum atomic E-state index is 13.6. The molecule has 0 bridgehead atoms. The Morgan fingerprint density at radius 2 is 1.49 bits per heavy atom. The number of nitrogens with zero attached hydrogens (tertiary/aromatic N) is 6. The lowest BCUT2D eigenvalue weighted by atomic mass is 9.89. The number of nitrogens with one attached hydrogen (secondary N) is 1. The Kier molecular flexibility index (Phi) is 9.20. The molecule has 4 rings (SSSR count). The minimum atomic E-state index is -5.12. The molecule has 2 aromatic heterocycles. The first-order valence-electron chi connectivity index (χ1n) is 13.1. The van der Waals surface area contributed by atoms with Crippen LogP contribution in [0, 0.1) is 5.92 Å². The zero-order valence-electron chi connectivity index (χ0n) is 22.6. The van der Waals surface area contributed by atoms with Crippen LogP contribution < -0.4 is 10.2 Å². The van der Waals surface area contributed by atoms with Crippen LogP contribution in [-0.2, 0) is 38.7 Å². The molecule has 0 radical (unpaired) electrons. The van der Waals surface area contributed by atoms with Gasteiger partial charge in [0, 0.05) is 31.4 Å². The summed E-state index contributed by atoms with van der Waals surface area (Å²) in [5, 5.41) is 13.9. The van der Waals surface area contributed by atoms with E-state index in [1.54, 1.807) is 0 Å². The number of aromatic nitrogens is 5. The van der Waals surface area contributed by atoms with E-state index in [0.717, 1.165) is 41.8 Å². The van der Waals surface area contributed by atoms with Gasteiger partial charge in [-0.05, 0) is 53.8 Å². The summed E-state index contributed by atoms with van der Waals surface area (Å²) in [4.78, 5) is 18.8. The van der Waals surface area contributed by atoms with Crippen LogP contribution in [0.1, 0.15) is 70.4 Å². The fraction of sp³-hybridized carbons (Fsp3) is 0.500. The molecular formula is C26H26F9N7O. The molecule has 1 amide bonds. The molecule has 1 aliphatic carbocycles. The van der Waals surface area contributed by atoms with E-state index in [2.05, 4.69) is 25.7 Å². The Morgan fingerprint density at radius 3 is 2.02 bits per heavy atom. The van der Waals surface area contributed by atoms with Crippen molar-refractivity contribution in [2.45, 2.75) is 63.7 Å². The second-order valence-corrected chi connectivity index (χ2v) is 10.3. The molecule has 1 aromatic carbocycles. The summed E-state index contributed by atoms with van der Waals surface area (Å²) >= 11 is 0. The van der Waals surface area contributed by atoms with Crippen molar-refractivity contribution in [3.8, 4) is 0 Å². The van der Waals surface area contributed by atoms with Crippen LogP contribution in [0.2, 0.25) is 0 Å². The summed E-state index contributed by atoms with van der Waals surface area (Å²) in [7, 11) is 1.33. The van der Waals surface area contributed by atoms with E-state index in [4.69, 9.17) is 0 Å². The molecule has 0 unspecified atom stereocenters. The highest BCUT2D eigenvalue weighted by Crippen LogP contribution is 2.37. The van der Waals surface area contributed by atoms with Gasteiger partial charge in [-0.15, -0.1) is 5.10 Å². The van der Waals surface area contributed by atoms with Crippen molar-refractivity contribution in [2.75, 3.05) is 11.4 Å². The third kappa shape index (κ3) is 8.34. The first-order chi connectivity index (χ1) is 20.0. The Bertz CT molecular complexity index is 1400. The maximum absolute atomic E-state index is 13.6. The number of benzene rings is 1. The maximum Gasteiger partial charge on any atom is 0.417 e. The zero-order chi connectivity index (χ0) is 31.6. The quantitative estimate of drug-likeness (QED) is 0.302. The van der Waals surface area contributed by atoms with Crippen LogP contribution >= 0.6 is 0 Å². The van der Waals surface area contributed by atoms with Gasteiger partial charge in [0.05, 0.1) is 23.7 Å². The molecule has 234 valence electrons. The number of carbonyl (C=O) groups is 1. The normalized spacial score (nSPS) is 15.0. The zero-order valence-corrected chi connectivity index (χ0v) is 22.6. The highest BCUT2D eigenvalue weighted by molar-refractivity contribution is 5.93. The van der Waals surface area contributed by atoms with E-state index in [1.807, 2.05) is 0 Å². The number of hydrogen-bond acceptors (Lipinski definition) is 6. The average Bonchev–Trinajstić information content (AvgIpc) is 3.36. The van der Waals surface area contributed by atoms with Gasteiger partial charge in [-0.3, -0.25) is 9.78 Å². The third-order valence-corrected chi connectivity index (χ3v) is 6.95. The molecule has 3 aromatic rings. The summed E-state index contributed by atoms with van der Waals surface area (Å²) < 4.78 is 122. The summed E-state index contributed by atoms with van der Waals surface area (Å²) in [5.41, 5.74) is -5.54. The Labute approximate surface area is 239 Å². The fourth-order valence-corrected chi connectivity index (χ4v) is 4.84. The molecule has 0 atom stereocenters. The van der Waals surface area contributed by atoms with Crippen LogP contribution in [0.4, 0.5) is 45.5 Å². The predicted molar refractivity (Wildman–Crippen MR) is 133 cm³/mol. The van der Waals surface area contributed by atoms with Crippen molar-refractivity contribution >= 4 is 11.9 Å². The molecule has 0 saturated heterocycles. The van der Waals surface area contributed by atoms with Gasteiger partial charge in [-0.1, -0.05) is 24.4 Å². The molecule has 8 nitrogen and oxygen atoms in total. The van der Waals surface area contributed by atoms with Crippen LogP contribution in [0.3, 0.4) is 0 Å². The number of anilines is 1. The van der Waals surface area contributed by atoms with Gasteiger partial charge in [0.1, 0.15) is 5.69 Å². The smallest absolute Gasteiger partial charge is 0.350 e. The topological polar surface area (TPSA) is 88.8 Å². The van der Waals surface area contributed by atoms with Gasteiger partial charge in [0.25, 0.3) is 11.9 Å². The number of halogens is 9. The predicted octanol–water partition coefficient (Wildman–Crippen LogP) is 6.18. The number of rotatable bonds is 8. The van der Waals surface area contributed by atoms with Gasteiger partial charge >= 0.3 is 18.5 Å². The number of amides is 1. The second-order valence-electron chi connectivity index (χ2n) is 10.3. The average molecular weight is 624 g/mol. The number of hydrogen-bond donors (Lipinski definition) is 1. The van der Waals surface area contributed by atoms with Gasteiger partial charge in [-0.25, -0.2) is 0 Å². The van der Waals surface area contributed by atoms with Crippen LogP contribution in [0.25, 0.3) is 0 Å². The van der Waals surface area contributed by atoms with E-state index >= 15 is 0 Å². The van der Waals surface area contributed by atoms with Crippen molar-refractivity contribution in [1.82, 2.24) is 30.5 Å². The molecular weight excluding hydrogens is 597 g/mol. The van der Waals surface area contributed by atoms with E-state index in [-0.39, 0.29) is 30.0 Å². The van der Waals surface area contributed by atoms with Crippen molar-refractivity contribution in [3.05, 3.63) is 64.0 Å². The first kappa shape index (κ1) is 32.0. The third-order valence-electron chi connectivity index (χ3n) is 6.95. The van der Waals surface area contributed by atoms with Crippen molar-refractivity contribution in [2.24, 2.45) is 13.0 Å². The largest absolute Gasteiger partial charge is 0.417 e. The molecule has 1 N–H and O–H groups in total. The van der Waals surface area contributed by atoms with Crippen LogP contribution in [-0.4, -0.2) is 37.6 Å². The number of carbonyl (C=O) groups excluding carboxylic acids is 1. The van der Waals surface area contributed by atoms with Gasteiger partial charge in [-0.2, -0.15) is 44.3 Å². The lowest BCUT2D eigenvalue weighted by Gasteiger charge is -2.24. The Balaban J connectivity index is 1.72. The van der Waals surface area contributed by atoms with Crippen molar-refractivity contribution in [1.29, 1.82) is 0 Å². The summed E-state index contributed by atoms with van der Waals surface area (Å²) in [6.45, 7) is -1.08. The molecule has 43 heavy (non-hydrogen) atoms. The van der Waals surface area contributed by atoms with Crippen molar-refractivity contribution in [3.63, 3.8) is 0 Å². The van der Waals surface area contributed by atoms with E-state index in [9.17, 15) is 44.3 Å². The molecule has 1 aliphatic rings. The summed E-state index contributed by atoms with van der Waals surface area (Å²) in [6, 6.07) is 1.58. The van der Waals surface area contributed by atoms with Gasteiger partial charge in [0.2, 0.25) is 0 Å². The standard InChI is InChI=1S/C26H26F9N7O/c1-41-39-23(38-40-41)42(13-16-7-18(24(27,28)29)10-19(8-16)25(30,31)32)14-17-9-20(26(33,34)35)12-36-21(17)22(43)37-11-15-5-3-2-4-6-15/h7-10,12,15H,2-6,11,13-14H2,1H3,(H,37,43). The van der Waals surface area contributed by atoms with Crippen LogP contribution in [0.5, 0.6) is 0 Å². The van der Waals surface area contributed by atoms with Gasteiger partial charge in [0.15, 0.2) is 0 Å². The molecule has 0 aliphatic heterocycles. The minimum Gasteiger partial charge on any atom is -0.350 e. The minimum absolute atomic E-state index is 0.0418. The van der Waals surface area contributed by atoms with Crippen LogP contribution in [0.15, 0.2) is 30.5 Å².